The molecule has 3 aromatic rings. The highest BCUT2D eigenvalue weighted by Crippen LogP contribution is 2.38. The number of carboxylic acids is 1. The maximum absolute atomic E-state index is 12.1. The summed E-state index contributed by atoms with van der Waals surface area (Å²) in [4.78, 5) is 23.1. The average Bonchev–Trinajstić information content (AvgIpc) is 3.30. The van der Waals surface area contributed by atoms with E-state index < -0.39 is 18.5 Å². The molecular weight excluding hydrogens is 356 g/mol. The lowest BCUT2D eigenvalue weighted by molar-refractivity contribution is -0.139. The summed E-state index contributed by atoms with van der Waals surface area (Å²) >= 11 is 0. The minimum absolute atomic E-state index is 0.425. The zero-order valence-electron chi connectivity index (χ0n) is 15.7. The standard InChI is InChI=1S/C22H24N2O4/c23-22(27)15-7-3-8-16-20(15)21-17(9-4-10-18(21)28-13-19(25)26)24(16)12-11-14-5-1-2-6-14/h3-4,7-10,14H,1-2,5-6,11-13H2,(H2,23,27)(H,25,26). The second-order valence-corrected chi connectivity index (χ2v) is 7.49. The largest absolute Gasteiger partial charge is 0.481 e. The van der Waals surface area contributed by atoms with Gasteiger partial charge in [-0.2, -0.15) is 0 Å². The van der Waals surface area contributed by atoms with Crippen LogP contribution in [-0.4, -0.2) is 28.2 Å². The van der Waals surface area contributed by atoms with Crippen molar-refractivity contribution in [3.05, 3.63) is 42.0 Å². The van der Waals surface area contributed by atoms with Gasteiger partial charge in [-0.15, -0.1) is 0 Å². The number of nitrogens with two attached hydrogens (primary N) is 1. The van der Waals surface area contributed by atoms with E-state index in [9.17, 15) is 9.59 Å². The van der Waals surface area contributed by atoms with Crippen molar-refractivity contribution >= 4 is 33.7 Å². The Morgan fingerprint density at radius 3 is 2.43 bits per heavy atom. The Kier molecular flexibility index (Phi) is 4.94. The first-order valence-corrected chi connectivity index (χ1v) is 9.74. The number of hydrogen-bond acceptors (Lipinski definition) is 3. The van der Waals surface area contributed by atoms with Crippen LogP contribution in [0.25, 0.3) is 21.8 Å². The molecule has 1 aliphatic carbocycles. The van der Waals surface area contributed by atoms with Crippen molar-refractivity contribution in [1.82, 2.24) is 4.57 Å². The predicted molar refractivity (Wildman–Crippen MR) is 108 cm³/mol. The van der Waals surface area contributed by atoms with E-state index in [0.717, 1.165) is 40.7 Å². The first kappa shape index (κ1) is 18.3. The van der Waals surface area contributed by atoms with Gasteiger partial charge in [0.1, 0.15) is 5.75 Å². The molecule has 1 heterocycles. The van der Waals surface area contributed by atoms with Crippen molar-refractivity contribution in [2.24, 2.45) is 11.7 Å². The van der Waals surface area contributed by atoms with Crippen LogP contribution >= 0.6 is 0 Å². The number of hydrogen-bond donors (Lipinski definition) is 2. The molecule has 0 spiro atoms. The minimum Gasteiger partial charge on any atom is -0.481 e. The Bertz CT molecular complexity index is 1050. The predicted octanol–water partition coefficient (Wildman–Crippen LogP) is 3.94. The molecule has 0 saturated heterocycles. The summed E-state index contributed by atoms with van der Waals surface area (Å²) in [5, 5.41) is 10.5. The van der Waals surface area contributed by atoms with E-state index in [1.54, 1.807) is 12.1 Å². The average molecular weight is 380 g/mol. The molecule has 0 aliphatic heterocycles. The van der Waals surface area contributed by atoms with Crippen LogP contribution in [0.3, 0.4) is 0 Å². The molecular formula is C22H24N2O4. The van der Waals surface area contributed by atoms with Crippen LogP contribution in [-0.2, 0) is 11.3 Å². The molecule has 6 nitrogen and oxygen atoms in total. The van der Waals surface area contributed by atoms with Crippen LogP contribution in [0.5, 0.6) is 5.75 Å². The van der Waals surface area contributed by atoms with Crippen molar-refractivity contribution in [3.63, 3.8) is 0 Å². The fourth-order valence-electron chi connectivity index (χ4n) is 4.47. The lowest BCUT2D eigenvalue weighted by atomic mass is 10.0. The van der Waals surface area contributed by atoms with E-state index in [1.807, 2.05) is 24.3 Å². The molecule has 146 valence electrons. The van der Waals surface area contributed by atoms with Gasteiger partial charge in [0.15, 0.2) is 6.61 Å². The molecule has 0 radical (unpaired) electrons. The molecule has 1 amide bonds. The third-order valence-corrected chi connectivity index (χ3v) is 5.73. The molecule has 28 heavy (non-hydrogen) atoms. The van der Waals surface area contributed by atoms with E-state index >= 15 is 0 Å². The molecule has 0 unspecified atom stereocenters. The summed E-state index contributed by atoms with van der Waals surface area (Å²) in [6.45, 7) is 0.405. The van der Waals surface area contributed by atoms with Crippen molar-refractivity contribution in [2.75, 3.05) is 6.61 Å². The number of amides is 1. The van der Waals surface area contributed by atoms with Gasteiger partial charge < -0.3 is 20.1 Å². The van der Waals surface area contributed by atoms with Gasteiger partial charge in [0.2, 0.25) is 5.91 Å². The number of benzene rings is 2. The molecule has 1 fully saturated rings. The molecule has 1 aliphatic rings. The first-order valence-electron chi connectivity index (χ1n) is 9.74. The minimum atomic E-state index is -1.04. The smallest absolute Gasteiger partial charge is 0.341 e. The topological polar surface area (TPSA) is 94.6 Å². The number of aromatic nitrogens is 1. The second-order valence-electron chi connectivity index (χ2n) is 7.49. The quantitative estimate of drug-likeness (QED) is 0.649. The number of carboxylic acid groups (broad SMARTS) is 1. The van der Waals surface area contributed by atoms with Crippen LogP contribution < -0.4 is 10.5 Å². The number of carbonyl (C=O) groups is 2. The summed E-state index contributed by atoms with van der Waals surface area (Å²) in [5.41, 5.74) is 7.93. The van der Waals surface area contributed by atoms with E-state index in [0.29, 0.717) is 11.3 Å². The molecule has 6 heteroatoms. The summed E-state index contributed by atoms with van der Waals surface area (Å²) in [6, 6.07) is 11.1. The van der Waals surface area contributed by atoms with Crippen LogP contribution in [0.1, 0.15) is 42.5 Å². The Hall–Kier alpha value is -3.02. The highest BCUT2D eigenvalue weighted by Gasteiger charge is 2.21. The third kappa shape index (κ3) is 3.30. The van der Waals surface area contributed by atoms with E-state index in [2.05, 4.69) is 4.57 Å². The lowest BCUT2D eigenvalue weighted by Gasteiger charge is -2.12. The van der Waals surface area contributed by atoms with E-state index in [4.69, 9.17) is 15.6 Å². The van der Waals surface area contributed by atoms with E-state index in [1.165, 1.54) is 25.7 Å². The molecule has 1 saturated carbocycles. The molecule has 1 aromatic heterocycles. The summed E-state index contributed by atoms with van der Waals surface area (Å²) in [6.07, 6.45) is 6.24. The third-order valence-electron chi connectivity index (χ3n) is 5.73. The monoisotopic (exact) mass is 380 g/mol. The number of rotatable bonds is 7. The Balaban J connectivity index is 1.89. The van der Waals surface area contributed by atoms with Crippen molar-refractivity contribution in [2.45, 2.75) is 38.6 Å². The van der Waals surface area contributed by atoms with Gasteiger partial charge in [-0.1, -0.05) is 37.8 Å². The van der Waals surface area contributed by atoms with Crippen LogP contribution in [0, 0.1) is 5.92 Å². The Labute approximate surface area is 162 Å². The van der Waals surface area contributed by atoms with Gasteiger partial charge in [-0.05, 0) is 36.6 Å². The van der Waals surface area contributed by atoms with Gasteiger partial charge in [0, 0.05) is 17.5 Å². The zero-order valence-corrected chi connectivity index (χ0v) is 15.7. The number of nitrogens with zero attached hydrogens (tertiary/aromatic N) is 1. The number of fused-ring (bicyclic) bond motifs is 3. The fourth-order valence-corrected chi connectivity index (χ4v) is 4.47. The van der Waals surface area contributed by atoms with Crippen LogP contribution in [0.2, 0.25) is 0 Å². The molecule has 2 aromatic carbocycles. The van der Waals surface area contributed by atoms with Crippen molar-refractivity contribution < 1.29 is 19.4 Å². The maximum atomic E-state index is 12.1. The number of ether oxygens (including phenoxy) is 1. The van der Waals surface area contributed by atoms with Crippen molar-refractivity contribution in [3.8, 4) is 5.75 Å². The summed E-state index contributed by atoms with van der Waals surface area (Å²) < 4.78 is 7.76. The van der Waals surface area contributed by atoms with E-state index in [-0.39, 0.29) is 0 Å². The van der Waals surface area contributed by atoms with Gasteiger partial charge in [-0.3, -0.25) is 4.79 Å². The van der Waals surface area contributed by atoms with Crippen LogP contribution in [0.4, 0.5) is 0 Å². The molecule has 0 bridgehead atoms. The van der Waals surface area contributed by atoms with Gasteiger partial charge >= 0.3 is 5.97 Å². The lowest BCUT2D eigenvalue weighted by Crippen LogP contribution is -2.11. The Morgan fingerprint density at radius 2 is 1.75 bits per heavy atom. The SMILES string of the molecule is NC(=O)c1cccc2c1c1c(OCC(=O)O)cccc1n2CCC1CCCC1. The highest BCUT2D eigenvalue weighted by atomic mass is 16.5. The maximum Gasteiger partial charge on any atom is 0.341 e. The second kappa shape index (κ2) is 7.54. The number of aryl methyl sites for hydroxylation is 1. The number of carbonyl (C=O) groups excluding carboxylic acids is 1. The summed E-state index contributed by atoms with van der Waals surface area (Å²) in [5.74, 6) is -0.359. The molecule has 3 N–H and O–H groups in total. The van der Waals surface area contributed by atoms with Crippen LogP contribution in [0.15, 0.2) is 36.4 Å². The molecule has 4 rings (SSSR count). The van der Waals surface area contributed by atoms with Gasteiger partial charge in [0.25, 0.3) is 0 Å². The first-order chi connectivity index (χ1) is 13.6. The normalized spacial score (nSPS) is 14.7. The number of aliphatic carboxylic acids is 1. The fraction of sp³-hybridized carbons (Fsp3) is 0.364. The highest BCUT2D eigenvalue weighted by molar-refractivity contribution is 6.19. The van der Waals surface area contributed by atoms with Gasteiger partial charge in [0.05, 0.1) is 16.4 Å². The van der Waals surface area contributed by atoms with Crippen molar-refractivity contribution in [1.29, 1.82) is 0 Å². The zero-order chi connectivity index (χ0) is 19.7. The van der Waals surface area contributed by atoms with Gasteiger partial charge in [-0.25, -0.2) is 4.79 Å². The molecule has 0 atom stereocenters. The Morgan fingerprint density at radius 1 is 1.07 bits per heavy atom. The summed E-state index contributed by atoms with van der Waals surface area (Å²) in [7, 11) is 0. The number of primary amides is 1.